The quantitative estimate of drug-likeness (QED) is 0.129. The number of unbranched alkanes of at least 4 members (excludes halogenated alkanes) is 12. The molecule has 256 valence electrons. The summed E-state index contributed by atoms with van der Waals surface area (Å²) in [6, 6.07) is 0. The summed E-state index contributed by atoms with van der Waals surface area (Å²) in [7, 11) is 1.64. The van der Waals surface area contributed by atoms with E-state index in [-0.39, 0.29) is 47.0 Å². The van der Waals surface area contributed by atoms with Gasteiger partial charge in [-0.05, 0) is 23.7 Å². The number of aromatic nitrogens is 2. The number of rotatable bonds is 18. The van der Waals surface area contributed by atoms with Crippen molar-refractivity contribution in [1.82, 2.24) is 14.9 Å². The summed E-state index contributed by atoms with van der Waals surface area (Å²) in [5.41, 5.74) is -1.10. The Kier molecular flexibility index (Phi) is 16.7. The monoisotopic (exact) mass is 629 g/mol. The second kappa shape index (κ2) is 19.3. The lowest BCUT2D eigenvalue weighted by molar-refractivity contribution is -0.120. The van der Waals surface area contributed by atoms with E-state index in [1.165, 1.54) is 81.4 Å². The van der Waals surface area contributed by atoms with Crippen molar-refractivity contribution < 1.29 is 14.3 Å². The molecule has 0 saturated carbocycles. The molecule has 1 aliphatic rings. The predicted molar refractivity (Wildman–Crippen MR) is 183 cm³/mol. The molecular formula is C37H63N3O5. The van der Waals surface area contributed by atoms with Crippen LogP contribution in [0.25, 0.3) is 0 Å². The molecule has 2 rings (SSSR count). The fourth-order valence-corrected chi connectivity index (χ4v) is 6.48. The van der Waals surface area contributed by atoms with E-state index in [4.69, 9.17) is 9.47 Å². The summed E-state index contributed by atoms with van der Waals surface area (Å²) < 4.78 is 13.8. The van der Waals surface area contributed by atoms with E-state index < -0.39 is 17.5 Å². The number of aromatic amines is 1. The Balaban J connectivity index is 1.84. The van der Waals surface area contributed by atoms with Gasteiger partial charge in [-0.25, -0.2) is 4.79 Å². The van der Waals surface area contributed by atoms with E-state index in [9.17, 15) is 14.4 Å². The van der Waals surface area contributed by atoms with Crippen LogP contribution in [-0.4, -0.2) is 41.3 Å². The van der Waals surface area contributed by atoms with Gasteiger partial charge in [0.15, 0.2) is 6.23 Å². The van der Waals surface area contributed by atoms with Crippen LogP contribution < -0.4 is 16.6 Å². The first-order valence-corrected chi connectivity index (χ1v) is 17.6. The third kappa shape index (κ3) is 13.9. The zero-order valence-electron chi connectivity index (χ0n) is 29.7. The van der Waals surface area contributed by atoms with Crippen LogP contribution in [0.2, 0.25) is 0 Å². The Morgan fingerprint density at radius 2 is 1.49 bits per heavy atom. The minimum absolute atomic E-state index is 0.0189. The Bertz CT molecular complexity index is 1190. The lowest BCUT2D eigenvalue weighted by Crippen LogP contribution is -2.41. The van der Waals surface area contributed by atoms with Crippen LogP contribution in [0.1, 0.15) is 157 Å². The number of nitrogens with zero attached hydrogens (tertiary/aromatic N) is 1. The molecule has 4 atom stereocenters. The number of hydrogen-bond acceptors (Lipinski definition) is 5. The molecule has 1 saturated heterocycles. The van der Waals surface area contributed by atoms with Gasteiger partial charge in [0.2, 0.25) is 5.91 Å². The molecule has 2 heterocycles. The van der Waals surface area contributed by atoms with Crippen molar-refractivity contribution in [2.24, 2.45) is 16.7 Å². The Labute approximate surface area is 272 Å². The number of carbonyl (C=O) groups excluding carboxylic acids is 1. The molecule has 1 unspecified atom stereocenters. The second-order valence-electron chi connectivity index (χ2n) is 15.2. The Hall–Kier alpha value is -2.37. The lowest BCUT2D eigenvalue weighted by atomic mass is 9.71. The van der Waals surface area contributed by atoms with Crippen molar-refractivity contribution >= 4 is 5.91 Å². The van der Waals surface area contributed by atoms with E-state index in [0.29, 0.717) is 6.42 Å². The molecule has 1 aromatic rings. The van der Waals surface area contributed by atoms with Gasteiger partial charge in [0, 0.05) is 25.6 Å². The Morgan fingerprint density at radius 3 is 2.00 bits per heavy atom. The van der Waals surface area contributed by atoms with Gasteiger partial charge in [0.1, 0.15) is 11.7 Å². The molecule has 1 fully saturated rings. The van der Waals surface area contributed by atoms with Crippen molar-refractivity contribution in [2.75, 3.05) is 13.7 Å². The second-order valence-corrected chi connectivity index (χ2v) is 15.2. The molecule has 0 aromatic carbocycles. The van der Waals surface area contributed by atoms with Gasteiger partial charge in [-0.1, -0.05) is 137 Å². The van der Waals surface area contributed by atoms with E-state index in [0.717, 1.165) is 19.3 Å². The number of nitrogens with one attached hydrogen (secondary N) is 2. The van der Waals surface area contributed by atoms with Crippen molar-refractivity contribution in [3.8, 4) is 11.8 Å². The highest BCUT2D eigenvalue weighted by atomic mass is 16.6. The van der Waals surface area contributed by atoms with Gasteiger partial charge in [-0.15, -0.1) is 0 Å². The summed E-state index contributed by atoms with van der Waals surface area (Å²) in [6.07, 6.45) is 18.0. The highest BCUT2D eigenvalue weighted by molar-refractivity contribution is 5.76. The minimum Gasteiger partial charge on any atom is -0.376 e. The highest BCUT2D eigenvalue weighted by Crippen LogP contribution is 2.48. The maximum absolute atomic E-state index is 12.9. The number of hydrogen-bond donors (Lipinski definition) is 2. The van der Waals surface area contributed by atoms with Crippen LogP contribution in [0.15, 0.2) is 15.8 Å². The van der Waals surface area contributed by atoms with Crippen molar-refractivity contribution in [2.45, 2.75) is 163 Å². The van der Waals surface area contributed by atoms with E-state index in [1.54, 1.807) is 7.11 Å². The molecule has 8 nitrogen and oxygen atoms in total. The number of H-pyrrole nitrogens is 1. The molecule has 45 heavy (non-hydrogen) atoms. The maximum Gasteiger partial charge on any atom is 0.330 e. The summed E-state index contributed by atoms with van der Waals surface area (Å²) in [5, 5.41) is 2.82. The maximum atomic E-state index is 12.9. The molecule has 8 heteroatoms. The highest BCUT2D eigenvalue weighted by Gasteiger charge is 2.51. The normalized spacial score (nSPS) is 20.2. The lowest BCUT2D eigenvalue weighted by Gasteiger charge is -2.36. The molecule has 0 aliphatic carbocycles. The Morgan fingerprint density at radius 1 is 0.933 bits per heavy atom. The fraction of sp³-hybridized carbons (Fsp3) is 0.811. The average Bonchev–Trinajstić information content (AvgIpc) is 3.31. The number of carbonyl (C=O) groups is 1. The van der Waals surface area contributed by atoms with E-state index in [1.807, 2.05) is 0 Å². The minimum atomic E-state index is -0.698. The molecule has 0 radical (unpaired) electrons. The smallest absolute Gasteiger partial charge is 0.330 e. The molecule has 0 bridgehead atoms. The summed E-state index contributed by atoms with van der Waals surface area (Å²) >= 11 is 0. The molecule has 1 amide bonds. The van der Waals surface area contributed by atoms with Gasteiger partial charge in [0.05, 0.1) is 12.6 Å². The first-order chi connectivity index (χ1) is 21.3. The summed E-state index contributed by atoms with van der Waals surface area (Å²) in [4.78, 5) is 40.2. The zero-order valence-corrected chi connectivity index (χ0v) is 29.7. The van der Waals surface area contributed by atoms with Gasteiger partial charge in [-0.3, -0.25) is 19.1 Å². The van der Waals surface area contributed by atoms with Crippen LogP contribution in [0.4, 0.5) is 0 Å². The van der Waals surface area contributed by atoms with Crippen LogP contribution in [0.5, 0.6) is 0 Å². The first-order valence-electron chi connectivity index (χ1n) is 17.6. The standard InChI is InChI=1S/C37H63N3O5/c1-9-10-11-12-13-14-15-16-17-18-19-20-21-24-30(41)38-25-22-23-28-27-40(35(43)39-33(28)42)34-32(44-8)31(37(5,6)7)29(45-34)26-36(2,3)4/h27,29,31-32,34H,9-21,24-26H2,1-8H3,(H,38,41)(H,39,42,43)/t29-,31?,32+,34-/m1/s1. The number of methoxy groups -OCH3 is 1. The molecule has 2 N–H and O–H groups in total. The van der Waals surface area contributed by atoms with Crippen LogP contribution in [0.3, 0.4) is 0 Å². The summed E-state index contributed by atoms with van der Waals surface area (Å²) in [6.45, 7) is 15.4. The number of amides is 1. The fourth-order valence-electron chi connectivity index (χ4n) is 6.48. The van der Waals surface area contributed by atoms with Crippen LogP contribution in [0, 0.1) is 28.6 Å². The predicted octanol–water partition coefficient (Wildman–Crippen LogP) is 7.50. The molecule has 0 spiro atoms. The van der Waals surface area contributed by atoms with Gasteiger partial charge in [-0.2, -0.15) is 0 Å². The molecule has 1 aromatic heterocycles. The van der Waals surface area contributed by atoms with Crippen molar-refractivity contribution in [1.29, 1.82) is 0 Å². The molecular weight excluding hydrogens is 566 g/mol. The van der Waals surface area contributed by atoms with Gasteiger partial charge in [0.25, 0.3) is 5.56 Å². The summed E-state index contributed by atoms with van der Waals surface area (Å²) in [5.74, 6) is 5.70. The van der Waals surface area contributed by atoms with Gasteiger partial charge < -0.3 is 14.8 Å². The van der Waals surface area contributed by atoms with Crippen molar-refractivity contribution in [3.63, 3.8) is 0 Å². The first kappa shape index (κ1) is 38.8. The van der Waals surface area contributed by atoms with Crippen LogP contribution in [-0.2, 0) is 14.3 Å². The average molecular weight is 630 g/mol. The largest absolute Gasteiger partial charge is 0.376 e. The van der Waals surface area contributed by atoms with Crippen molar-refractivity contribution in [3.05, 3.63) is 32.6 Å². The van der Waals surface area contributed by atoms with Gasteiger partial charge >= 0.3 is 5.69 Å². The third-order valence-electron chi connectivity index (χ3n) is 8.78. The molecule has 1 aliphatic heterocycles. The topological polar surface area (TPSA) is 102 Å². The van der Waals surface area contributed by atoms with E-state index >= 15 is 0 Å². The van der Waals surface area contributed by atoms with Crippen LogP contribution >= 0.6 is 0 Å². The third-order valence-corrected chi connectivity index (χ3v) is 8.78. The van der Waals surface area contributed by atoms with E-state index in [2.05, 4.69) is 70.6 Å². The zero-order chi connectivity index (χ0) is 33.5. The SMILES string of the molecule is CCCCCCCCCCCCCCCC(=O)NCC#Cc1cn([C@@H]2O[C@H](CC(C)(C)C)C(C(C)(C)C)[C@@H]2OC)c(=O)[nH]c1=O. The number of ether oxygens (including phenoxy) is 2.